The zero-order valence-electron chi connectivity index (χ0n) is 17.2. The SMILES string of the molecule is COC(=O)[C@@H](C(C)C)N(Cc1ccccc1)S(=O)(=O)c1ccc2nc(SC)sc2c1. The van der Waals surface area contributed by atoms with Gasteiger partial charge in [-0.2, -0.15) is 4.31 Å². The zero-order valence-corrected chi connectivity index (χ0v) is 19.7. The van der Waals surface area contributed by atoms with Gasteiger partial charge in [0.15, 0.2) is 4.34 Å². The Kier molecular flexibility index (Phi) is 7.18. The summed E-state index contributed by atoms with van der Waals surface area (Å²) in [5, 5.41) is 0. The van der Waals surface area contributed by atoms with Crippen molar-refractivity contribution < 1.29 is 17.9 Å². The van der Waals surface area contributed by atoms with Gasteiger partial charge in [0.25, 0.3) is 0 Å². The molecule has 0 aliphatic heterocycles. The Morgan fingerprint density at radius 3 is 2.50 bits per heavy atom. The fourth-order valence-electron chi connectivity index (χ4n) is 3.21. The molecule has 2 aromatic carbocycles. The van der Waals surface area contributed by atoms with Gasteiger partial charge in [-0.15, -0.1) is 11.3 Å². The van der Waals surface area contributed by atoms with Crippen molar-refractivity contribution in [3.63, 3.8) is 0 Å². The van der Waals surface area contributed by atoms with Crippen molar-refractivity contribution in [2.45, 2.75) is 35.7 Å². The summed E-state index contributed by atoms with van der Waals surface area (Å²) in [6, 6.07) is 13.2. The van der Waals surface area contributed by atoms with Crippen LogP contribution < -0.4 is 0 Å². The van der Waals surface area contributed by atoms with Gasteiger partial charge in [-0.1, -0.05) is 55.9 Å². The predicted molar refractivity (Wildman–Crippen MR) is 121 cm³/mol. The molecule has 160 valence electrons. The van der Waals surface area contributed by atoms with Crippen LogP contribution in [0.4, 0.5) is 0 Å². The minimum absolute atomic E-state index is 0.0674. The minimum Gasteiger partial charge on any atom is -0.468 e. The van der Waals surface area contributed by atoms with E-state index in [-0.39, 0.29) is 17.4 Å². The number of thioether (sulfide) groups is 1. The van der Waals surface area contributed by atoms with Gasteiger partial charge in [-0.25, -0.2) is 13.4 Å². The van der Waals surface area contributed by atoms with E-state index in [4.69, 9.17) is 4.74 Å². The molecule has 0 radical (unpaired) electrons. The van der Waals surface area contributed by atoms with E-state index in [1.165, 1.54) is 34.5 Å². The maximum absolute atomic E-state index is 13.7. The number of hydrogen-bond donors (Lipinski definition) is 0. The van der Waals surface area contributed by atoms with E-state index < -0.39 is 22.0 Å². The molecule has 0 spiro atoms. The van der Waals surface area contributed by atoms with Crippen LogP contribution in [0.2, 0.25) is 0 Å². The average molecular weight is 465 g/mol. The molecule has 0 amide bonds. The van der Waals surface area contributed by atoms with Crippen LogP contribution in [-0.2, 0) is 26.1 Å². The highest BCUT2D eigenvalue weighted by atomic mass is 32.2. The highest BCUT2D eigenvalue weighted by molar-refractivity contribution is 8.00. The number of methoxy groups -OCH3 is 1. The number of sulfonamides is 1. The number of rotatable bonds is 8. The Morgan fingerprint density at radius 1 is 1.20 bits per heavy atom. The molecule has 0 aliphatic rings. The first-order valence-corrected chi connectivity index (χ1v) is 12.8. The molecule has 0 unspecified atom stereocenters. The van der Waals surface area contributed by atoms with Crippen LogP contribution in [0.1, 0.15) is 19.4 Å². The van der Waals surface area contributed by atoms with Gasteiger partial charge in [-0.05, 0) is 35.9 Å². The molecule has 1 aromatic heterocycles. The summed E-state index contributed by atoms with van der Waals surface area (Å²) in [7, 11) is -2.71. The molecule has 30 heavy (non-hydrogen) atoms. The van der Waals surface area contributed by atoms with E-state index in [0.717, 1.165) is 20.1 Å². The van der Waals surface area contributed by atoms with Crippen LogP contribution in [0.25, 0.3) is 10.2 Å². The lowest BCUT2D eigenvalue weighted by Crippen LogP contribution is -2.48. The normalized spacial score (nSPS) is 13.1. The number of fused-ring (bicyclic) bond motifs is 1. The van der Waals surface area contributed by atoms with Crippen LogP contribution in [-0.4, -0.2) is 43.1 Å². The lowest BCUT2D eigenvalue weighted by atomic mass is 10.0. The van der Waals surface area contributed by atoms with Crippen molar-refractivity contribution in [2.75, 3.05) is 13.4 Å². The molecule has 0 N–H and O–H groups in total. The van der Waals surface area contributed by atoms with Gasteiger partial charge < -0.3 is 4.74 Å². The molecule has 3 rings (SSSR count). The smallest absolute Gasteiger partial charge is 0.324 e. The van der Waals surface area contributed by atoms with Crippen molar-refractivity contribution >= 4 is 49.3 Å². The van der Waals surface area contributed by atoms with Gasteiger partial charge in [-0.3, -0.25) is 4.79 Å². The molecule has 1 heterocycles. The number of aromatic nitrogens is 1. The van der Waals surface area contributed by atoms with Crippen molar-refractivity contribution in [2.24, 2.45) is 5.92 Å². The Balaban J connectivity index is 2.11. The Bertz CT molecular complexity index is 1130. The number of benzene rings is 2. The number of carbonyl (C=O) groups is 1. The summed E-state index contributed by atoms with van der Waals surface area (Å²) in [4.78, 5) is 17.2. The van der Waals surface area contributed by atoms with Gasteiger partial charge in [0.05, 0.1) is 22.2 Å². The van der Waals surface area contributed by atoms with E-state index in [9.17, 15) is 13.2 Å². The van der Waals surface area contributed by atoms with Crippen LogP contribution in [0.5, 0.6) is 0 Å². The second-order valence-electron chi connectivity index (χ2n) is 7.06. The Hall–Kier alpha value is -1.94. The zero-order chi connectivity index (χ0) is 21.9. The second kappa shape index (κ2) is 9.47. The largest absolute Gasteiger partial charge is 0.468 e. The summed E-state index contributed by atoms with van der Waals surface area (Å²) in [5.41, 5.74) is 1.55. The monoisotopic (exact) mass is 464 g/mol. The molecule has 3 aromatic rings. The highest BCUT2D eigenvalue weighted by Gasteiger charge is 2.38. The second-order valence-corrected chi connectivity index (χ2v) is 11.0. The van der Waals surface area contributed by atoms with E-state index in [1.54, 1.807) is 18.2 Å². The topological polar surface area (TPSA) is 76.6 Å². The van der Waals surface area contributed by atoms with Crippen molar-refractivity contribution in [3.8, 4) is 0 Å². The molecule has 0 fully saturated rings. The van der Waals surface area contributed by atoms with E-state index in [0.29, 0.717) is 0 Å². The lowest BCUT2D eigenvalue weighted by Gasteiger charge is -2.31. The molecular weight excluding hydrogens is 440 g/mol. The molecule has 9 heteroatoms. The van der Waals surface area contributed by atoms with E-state index in [1.807, 2.05) is 50.4 Å². The summed E-state index contributed by atoms with van der Waals surface area (Å²) in [6.45, 7) is 3.69. The average Bonchev–Trinajstić information content (AvgIpc) is 3.16. The number of thiazole rings is 1. The van der Waals surface area contributed by atoms with Crippen LogP contribution in [0.15, 0.2) is 57.8 Å². The summed E-state index contributed by atoms with van der Waals surface area (Å²) >= 11 is 2.96. The summed E-state index contributed by atoms with van der Waals surface area (Å²) in [6.07, 6.45) is 1.93. The number of ether oxygens (including phenoxy) is 1. The fourth-order valence-corrected chi connectivity index (χ4v) is 6.53. The first-order chi connectivity index (χ1) is 14.3. The van der Waals surface area contributed by atoms with E-state index in [2.05, 4.69) is 4.98 Å². The molecule has 6 nitrogen and oxygen atoms in total. The number of nitrogens with zero attached hydrogens (tertiary/aromatic N) is 2. The molecule has 0 bridgehead atoms. The molecule has 1 atom stereocenters. The highest BCUT2D eigenvalue weighted by Crippen LogP contribution is 2.32. The van der Waals surface area contributed by atoms with Crippen LogP contribution in [0, 0.1) is 5.92 Å². The third-order valence-corrected chi connectivity index (χ3v) is 8.51. The van der Waals surface area contributed by atoms with Gasteiger partial charge in [0.2, 0.25) is 10.0 Å². The molecule has 0 saturated carbocycles. The van der Waals surface area contributed by atoms with Gasteiger partial charge in [0, 0.05) is 6.54 Å². The molecule has 0 aliphatic carbocycles. The van der Waals surface area contributed by atoms with Crippen molar-refractivity contribution in [3.05, 3.63) is 54.1 Å². The van der Waals surface area contributed by atoms with Crippen molar-refractivity contribution in [1.29, 1.82) is 0 Å². The number of carbonyl (C=O) groups excluding carboxylic acids is 1. The third-order valence-electron chi connectivity index (χ3n) is 4.69. The van der Waals surface area contributed by atoms with Crippen LogP contribution >= 0.6 is 23.1 Å². The molecule has 0 saturated heterocycles. The fraction of sp³-hybridized carbons (Fsp3) is 0.333. The minimum atomic E-state index is -3.98. The maximum atomic E-state index is 13.7. The van der Waals surface area contributed by atoms with Crippen LogP contribution in [0.3, 0.4) is 0 Å². The number of hydrogen-bond acceptors (Lipinski definition) is 7. The number of esters is 1. The molecular formula is C21H24N2O4S3. The maximum Gasteiger partial charge on any atom is 0.324 e. The first kappa shape index (κ1) is 22.7. The summed E-state index contributed by atoms with van der Waals surface area (Å²) in [5.74, 6) is -0.848. The standard InChI is InChI=1S/C21H24N2O4S3/c1-14(2)19(20(24)27-3)23(13-15-8-6-5-7-9-15)30(25,26)16-10-11-17-18(12-16)29-21(22-17)28-4/h5-12,14,19H,13H2,1-4H3/t19-/m1/s1. The van der Waals surface area contributed by atoms with E-state index >= 15 is 0 Å². The first-order valence-electron chi connectivity index (χ1n) is 9.36. The third kappa shape index (κ3) is 4.69. The summed E-state index contributed by atoms with van der Waals surface area (Å²) < 4.78 is 35.3. The Labute approximate surface area is 185 Å². The predicted octanol–water partition coefficient (Wildman–Crippen LogP) is 4.41. The quantitative estimate of drug-likeness (QED) is 0.363. The van der Waals surface area contributed by atoms with Gasteiger partial charge >= 0.3 is 5.97 Å². The Morgan fingerprint density at radius 2 is 1.90 bits per heavy atom. The van der Waals surface area contributed by atoms with Crippen molar-refractivity contribution in [1.82, 2.24) is 9.29 Å². The lowest BCUT2D eigenvalue weighted by molar-refractivity contribution is -0.146. The van der Waals surface area contributed by atoms with Gasteiger partial charge in [0.1, 0.15) is 6.04 Å².